The van der Waals surface area contributed by atoms with Gasteiger partial charge in [-0.1, -0.05) is 0 Å². The number of nitrogen functional groups attached to an aromatic ring is 1. The molecule has 1 aliphatic rings. The highest BCUT2D eigenvalue weighted by molar-refractivity contribution is 7.43. The summed E-state index contributed by atoms with van der Waals surface area (Å²) in [5.74, 6) is -0.0784. The van der Waals surface area contributed by atoms with Gasteiger partial charge in [0.2, 0.25) is 14.5 Å². The Balaban J connectivity index is 1.91. The summed E-state index contributed by atoms with van der Waals surface area (Å²) in [6, 6.07) is -0.828. The lowest BCUT2D eigenvalue weighted by Crippen LogP contribution is -2.40. The smallest absolute Gasteiger partial charge is 0.280 e. The van der Waals surface area contributed by atoms with Gasteiger partial charge in [0.25, 0.3) is 5.56 Å². The number of aliphatic hydroxyl groups is 1. The lowest BCUT2D eigenvalue weighted by atomic mass is 10.1. The zero-order valence-electron chi connectivity index (χ0n) is 11.7. The highest BCUT2D eigenvalue weighted by Crippen LogP contribution is 2.31. The van der Waals surface area contributed by atoms with Gasteiger partial charge in [-0.15, -0.1) is 0 Å². The van der Waals surface area contributed by atoms with Gasteiger partial charge in [0, 0.05) is 0 Å². The number of imidazole rings is 1. The van der Waals surface area contributed by atoms with Crippen LogP contribution in [0.2, 0.25) is 0 Å². The number of nitrogens with one attached hydrogen (secondary N) is 1. The molecule has 0 aromatic carbocycles. The minimum absolute atomic E-state index is 0.0741. The van der Waals surface area contributed by atoms with Crippen LogP contribution in [0.25, 0.3) is 11.2 Å². The number of aromatic nitrogens is 4. The molecular weight excluding hydrogens is 329 g/mol. The molecular formula is C10H16N7O5P. The third-order valence-corrected chi connectivity index (χ3v) is 3.93. The predicted molar refractivity (Wildman–Crippen MR) is 79.7 cm³/mol. The maximum absolute atomic E-state index is 11.8. The van der Waals surface area contributed by atoms with Crippen molar-refractivity contribution < 1.29 is 19.3 Å². The van der Waals surface area contributed by atoms with Crippen LogP contribution in [0.1, 0.15) is 6.23 Å². The van der Waals surface area contributed by atoms with Crippen molar-refractivity contribution in [2.24, 2.45) is 11.2 Å². The first kappa shape index (κ1) is 16.2. The number of aromatic amines is 1. The van der Waals surface area contributed by atoms with Crippen LogP contribution in [0, 0.1) is 0 Å². The lowest BCUT2D eigenvalue weighted by Gasteiger charge is -2.17. The minimum atomic E-state index is -2.07. The molecule has 1 fully saturated rings. The molecule has 12 nitrogen and oxygen atoms in total. The molecule has 1 unspecified atom stereocenters. The summed E-state index contributed by atoms with van der Waals surface area (Å²) in [5, 5.41) is 10.1. The summed E-state index contributed by atoms with van der Waals surface area (Å²) in [5.41, 5.74) is 16.4. The Morgan fingerprint density at radius 1 is 1.57 bits per heavy atom. The predicted octanol–water partition coefficient (Wildman–Crippen LogP) is -2.52. The van der Waals surface area contributed by atoms with E-state index in [9.17, 15) is 9.90 Å². The molecule has 0 radical (unpaired) electrons. The van der Waals surface area contributed by atoms with Crippen LogP contribution in [0.15, 0.2) is 11.1 Å². The number of nitrogens with zero attached hydrogens (tertiary/aromatic N) is 3. The van der Waals surface area contributed by atoms with E-state index in [0.717, 1.165) is 0 Å². The van der Waals surface area contributed by atoms with Gasteiger partial charge in [0.15, 0.2) is 17.4 Å². The molecule has 126 valence electrons. The summed E-state index contributed by atoms with van der Waals surface area (Å²) >= 11 is 0. The monoisotopic (exact) mass is 345 g/mol. The zero-order chi connectivity index (χ0) is 16.7. The third-order valence-electron chi connectivity index (χ3n) is 3.51. The Bertz CT molecular complexity index is 764. The molecule has 23 heavy (non-hydrogen) atoms. The fraction of sp³-hybridized carbons (Fsp3) is 0.500. The molecule has 0 saturated carbocycles. The van der Waals surface area contributed by atoms with E-state index in [-0.39, 0.29) is 23.7 Å². The largest absolute Gasteiger partial charge is 0.389 e. The molecule has 2 aromatic rings. The summed E-state index contributed by atoms with van der Waals surface area (Å²) in [7, 11) is -2.07. The quantitative estimate of drug-likeness (QED) is 0.321. The van der Waals surface area contributed by atoms with Crippen molar-refractivity contribution in [1.29, 1.82) is 0 Å². The number of hydrogen-bond donors (Lipinski definition) is 6. The van der Waals surface area contributed by atoms with E-state index in [2.05, 4.69) is 15.0 Å². The maximum atomic E-state index is 11.8. The SMILES string of the molecule is Nc1nc2c(ncn2[C@@H]2O[C@H](COP(N)O)[C@@H](O)[C@H]2N)c(=O)[nH]1. The van der Waals surface area contributed by atoms with Gasteiger partial charge < -0.3 is 30.7 Å². The second-order valence-electron chi connectivity index (χ2n) is 5.01. The van der Waals surface area contributed by atoms with Crippen molar-refractivity contribution in [3.8, 4) is 0 Å². The lowest BCUT2D eigenvalue weighted by molar-refractivity contribution is -0.0384. The van der Waals surface area contributed by atoms with Gasteiger partial charge in [-0.05, 0) is 0 Å². The number of hydrogen-bond acceptors (Lipinski definition) is 10. The molecule has 13 heteroatoms. The molecule has 3 rings (SSSR count). The first-order chi connectivity index (χ1) is 10.9. The van der Waals surface area contributed by atoms with Crippen molar-refractivity contribution in [2.75, 3.05) is 12.3 Å². The summed E-state index contributed by atoms with van der Waals surface area (Å²) < 4.78 is 11.9. The Labute approximate surface area is 130 Å². The van der Waals surface area contributed by atoms with Crippen LogP contribution in [-0.2, 0) is 9.26 Å². The second kappa shape index (κ2) is 6.09. The molecule has 9 N–H and O–H groups in total. The number of H-pyrrole nitrogens is 1. The van der Waals surface area contributed by atoms with Crippen LogP contribution in [0.4, 0.5) is 5.95 Å². The van der Waals surface area contributed by atoms with E-state index in [4.69, 9.17) is 31.1 Å². The van der Waals surface area contributed by atoms with Gasteiger partial charge in [-0.25, -0.2) is 4.98 Å². The van der Waals surface area contributed by atoms with Crippen molar-refractivity contribution in [2.45, 2.75) is 24.5 Å². The number of ether oxygens (including phenoxy) is 1. The normalized spacial score (nSPS) is 29.2. The average molecular weight is 345 g/mol. The summed E-state index contributed by atoms with van der Waals surface area (Å²) in [6.45, 7) is -0.132. The Morgan fingerprint density at radius 2 is 2.30 bits per heavy atom. The van der Waals surface area contributed by atoms with Gasteiger partial charge in [0.05, 0.1) is 19.0 Å². The third kappa shape index (κ3) is 2.93. The van der Waals surface area contributed by atoms with E-state index >= 15 is 0 Å². The number of aliphatic hydroxyl groups excluding tert-OH is 1. The van der Waals surface area contributed by atoms with E-state index in [0.29, 0.717) is 0 Å². The van der Waals surface area contributed by atoms with Gasteiger partial charge in [0.1, 0.15) is 12.2 Å². The van der Waals surface area contributed by atoms with Crippen molar-refractivity contribution in [3.05, 3.63) is 16.7 Å². The van der Waals surface area contributed by atoms with Crippen molar-refractivity contribution >= 4 is 25.6 Å². The van der Waals surface area contributed by atoms with Crippen LogP contribution < -0.4 is 22.5 Å². The zero-order valence-corrected chi connectivity index (χ0v) is 12.6. The Morgan fingerprint density at radius 3 is 3.00 bits per heavy atom. The molecule has 0 bridgehead atoms. The minimum Gasteiger partial charge on any atom is -0.389 e. The summed E-state index contributed by atoms with van der Waals surface area (Å²) in [4.78, 5) is 31.1. The highest BCUT2D eigenvalue weighted by atomic mass is 31.2. The number of anilines is 1. The molecule has 5 atom stereocenters. The standard InChI is InChI=1S/C10H16N7O5P/c11-4-6(18)3(1-21-23(13)20)22-9(4)17-2-14-5-7(17)15-10(12)16-8(5)19/h2-4,6,9,18,20H,1,11,13H2,(H3,12,15,16,19)/t3-,4-,6-,9-,23?/m1/s1. The topological polar surface area (TPSA) is 201 Å². The van der Waals surface area contributed by atoms with Crippen LogP contribution >= 0.6 is 8.53 Å². The molecule has 1 saturated heterocycles. The van der Waals surface area contributed by atoms with E-state index < -0.39 is 38.6 Å². The Kier molecular flexibility index (Phi) is 4.29. The number of fused-ring (bicyclic) bond motifs is 1. The maximum Gasteiger partial charge on any atom is 0.280 e. The van der Waals surface area contributed by atoms with Crippen LogP contribution in [0.5, 0.6) is 0 Å². The Hall–Kier alpha value is -1.66. The van der Waals surface area contributed by atoms with E-state index in [1.807, 2.05) is 0 Å². The van der Waals surface area contributed by atoms with Crippen LogP contribution in [0.3, 0.4) is 0 Å². The number of nitrogens with two attached hydrogens (primary N) is 3. The first-order valence-corrected chi connectivity index (χ1v) is 7.84. The summed E-state index contributed by atoms with van der Waals surface area (Å²) in [6.07, 6.45) is -1.37. The first-order valence-electron chi connectivity index (χ1n) is 6.56. The van der Waals surface area contributed by atoms with Crippen molar-refractivity contribution in [1.82, 2.24) is 19.5 Å². The van der Waals surface area contributed by atoms with Gasteiger partial charge in [-0.3, -0.25) is 19.8 Å². The fourth-order valence-corrected chi connectivity index (χ4v) is 2.73. The molecule has 3 heterocycles. The van der Waals surface area contributed by atoms with Gasteiger partial charge in [-0.2, -0.15) is 4.98 Å². The highest BCUT2D eigenvalue weighted by Gasteiger charge is 2.43. The molecule has 0 amide bonds. The molecule has 2 aromatic heterocycles. The second-order valence-corrected chi connectivity index (χ2v) is 5.87. The van der Waals surface area contributed by atoms with Crippen LogP contribution in [-0.4, -0.2) is 54.4 Å². The average Bonchev–Trinajstić information content (AvgIpc) is 3.00. The fourth-order valence-electron chi connectivity index (χ4n) is 2.43. The molecule has 0 aliphatic carbocycles. The number of rotatable bonds is 4. The van der Waals surface area contributed by atoms with Gasteiger partial charge >= 0.3 is 0 Å². The molecule has 1 aliphatic heterocycles. The molecule has 0 spiro atoms. The van der Waals surface area contributed by atoms with E-state index in [1.165, 1.54) is 10.9 Å². The van der Waals surface area contributed by atoms with E-state index in [1.54, 1.807) is 0 Å². The van der Waals surface area contributed by atoms with Crippen molar-refractivity contribution in [3.63, 3.8) is 0 Å².